The molecule has 1 aromatic rings. The van der Waals surface area contributed by atoms with Crippen LogP contribution in [0, 0.1) is 0 Å². The van der Waals surface area contributed by atoms with Gasteiger partial charge < -0.3 is 14.9 Å². The number of hydrogen-bond acceptors (Lipinski definition) is 5. The quantitative estimate of drug-likeness (QED) is 0.652. The number of phenolic OH excluding ortho intramolecular Hbond substituents is 2. The van der Waals surface area contributed by atoms with Gasteiger partial charge in [0.1, 0.15) is 0 Å². The van der Waals surface area contributed by atoms with Gasteiger partial charge in [0.25, 0.3) is 0 Å². The summed E-state index contributed by atoms with van der Waals surface area (Å²) in [6.07, 6.45) is 0.0831. The van der Waals surface area contributed by atoms with Crippen LogP contribution in [0.3, 0.4) is 0 Å². The number of carbonyl (C=O) groups excluding carboxylic acids is 1. The molecule has 1 fully saturated rings. The maximum atomic E-state index is 12.2. The first-order valence-electron chi connectivity index (χ1n) is 6.72. The van der Waals surface area contributed by atoms with Crippen molar-refractivity contribution in [3.8, 4) is 11.5 Å². The first kappa shape index (κ1) is 14.8. The number of ketones is 1. The Morgan fingerprint density at radius 1 is 1.40 bits per heavy atom. The van der Waals surface area contributed by atoms with Crippen LogP contribution in [-0.2, 0) is 4.74 Å². The summed E-state index contributed by atoms with van der Waals surface area (Å²) in [5, 5.41) is 18.7. The molecule has 0 saturated carbocycles. The molecule has 5 nitrogen and oxygen atoms in total. The number of Topliss-reactive ketones (excluding diaryl/α,β-unsaturated/α-hetero) is 1. The van der Waals surface area contributed by atoms with Crippen molar-refractivity contribution in [3.63, 3.8) is 0 Å². The summed E-state index contributed by atoms with van der Waals surface area (Å²) in [6.45, 7) is 7.68. The van der Waals surface area contributed by atoms with E-state index in [-0.39, 0.29) is 35.5 Å². The zero-order chi connectivity index (χ0) is 14.9. The molecule has 1 saturated heterocycles. The average Bonchev–Trinajstić information content (AvgIpc) is 2.29. The van der Waals surface area contributed by atoms with Crippen LogP contribution >= 0.6 is 0 Å². The third-order valence-corrected chi connectivity index (χ3v) is 3.30. The Bertz CT molecular complexity index is 513. The molecular formula is C15H21NO4. The van der Waals surface area contributed by atoms with E-state index in [1.807, 2.05) is 20.8 Å². The van der Waals surface area contributed by atoms with E-state index in [4.69, 9.17) is 4.74 Å². The smallest absolute Gasteiger partial charge is 0.176 e. The standard InChI is InChI=1S/C15H21NO4/c1-10-7-16(9-15(2,3)20-10)8-14(19)11-4-5-12(17)13(18)6-11/h4-6,10,17-18H,7-9H2,1-3H3. The van der Waals surface area contributed by atoms with Gasteiger partial charge in [0.15, 0.2) is 17.3 Å². The maximum Gasteiger partial charge on any atom is 0.176 e. The predicted molar refractivity (Wildman–Crippen MR) is 75.2 cm³/mol. The molecule has 1 atom stereocenters. The zero-order valence-electron chi connectivity index (χ0n) is 12.1. The molecule has 110 valence electrons. The van der Waals surface area contributed by atoms with Crippen molar-refractivity contribution in [2.24, 2.45) is 0 Å². The zero-order valence-corrected chi connectivity index (χ0v) is 12.1. The second-order valence-electron chi connectivity index (χ2n) is 5.98. The topological polar surface area (TPSA) is 70.0 Å². The summed E-state index contributed by atoms with van der Waals surface area (Å²) in [5.41, 5.74) is 0.131. The number of aromatic hydroxyl groups is 2. The Hall–Kier alpha value is -1.59. The minimum Gasteiger partial charge on any atom is -0.504 e. The molecule has 1 aromatic carbocycles. The molecule has 1 heterocycles. The minimum atomic E-state index is -0.272. The van der Waals surface area contributed by atoms with Crippen molar-refractivity contribution in [1.82, 2.24) is 4.90 Å². The molecule has 0 radical (unpaired) electrons. The molecule has 0 amide bonds. The Balaban J connectivity index is 2.05. The number of ether oxygens (including phenoxy) is 1. The van der Waals surface area contributed by atoms with Crippen molar-refractivity contribution in [2.75, 3.05) is 19.6 Å². The lowest BCUT2D eigenvalue weighted by atomic mass is 10.0. The highest BCUT2D eigenvalue weighted by Gasteiger charge is 2.32. The number of nitrogens with zero attached hydrogens (tertiary/aromatic N) is 1. The first-order valence-corrected chi connectivity index (χ1v) is 6.72. The molecule has 1 aliphatic rings. The van der Waals surface area contributed by atoms with E-state index < -0.39 is 0 Å². The highest BCUT2D eigenvalue weighted by atomic mass is 16.5. The molecule has 1 aliphatic heterocycles. The number of phenols is 2. The molecule has 1 unspecified atom stereocenters. The summed E-state index contributed by atoms with van der Waals surface area (Å²) in [4.78, 5) is 14.3. The van der Waals surface area contributed by atoms with Gasteiger partial charge in [-0.15, -0.1) is 0 Å². The fourth-order valence-corrected chi connectivity index (χ4v) is 2.70. The summed E-state index contributed by atoms with van der Waals surface area (Å²) in [6, 6.07) is 4.15. The lowest BCUT2D eigenvalue weighted by Gasteiger charge is -2.41. The van der Waals surface area contributed by atoms with Crippen LogP contribution in [0.5, 0.6) is 11.5 Å². The van der Waals surface area contributed by atoms with Gasteiger partial charge in [0.05, 0.1) is 18.2 Å². The van der Waals surface area contributed by atoms with Gasteiger partial charge >= 0.3 is 0 Å². The summed E-state index contributed by atoms with van der Waals surface area (Å²) in [7, 11) is 0. The number of hydrogen-bond donors (Lipinski definition) is 2. The van der Waals surface area contributed by atoms with Crippen molar-refractivity contribution < 1.29 is 19.7 Å². The molecule has 0 bridgehead atoms. The fraction of sp³-hybridized carbons (Fsp3) is 0.533. The maximum absolute atomic E-state index is 12.2. The lowest BCUT2D eigenvalue weighted by Crippen LogP contribution is -2.53. The summed E-state index contributed by atoms with van der Waals surface area (Å²) >= 11 is 0. The van der Waals surface area contributed by atoms with E-state index in [2.05, 4.69) is 4.90 Å². The third kappa shape index (κ3) is 3.49. The van der Waals surface area contributed by atoms with Crippen molar-refractivity contribution in [2.45, 2.75) is 32.5 Å². The largest absolute Gasteiger partial charge is 0.504 e. The molecule has 0 aliphatic carbocycles. The lowest BCUT2D eigenvalue weighted by molar-refractivity contribution is -0.126. The van der Waals surface area contributed by atoms with Crippen molar-refractivity contribution in [1.29, 1.82) is 0 Å². The monoisotopic (exact) mass is 279 g/mol. The van der Waals surface area contributed by atoms with Gasteiger partial charge in [-0.2, -0.15) is 0 Å². The fourth-order valence-electron chi connectivity index (χ4n) is 2.70. The van der Waals surface area contributed by atoms with Crippen LogP contribution < -0.4 is 0 Å². The second-order valence-corrected chi connectivity index (χ2v) is 5.98. The number of carbonyl (C=O) groups is 1. The molecule has 2 rings (SSSR count). The Morgan fingerprint density at radius 2 is 2.10 bits per heavy atom. The number of benzene rings is 1. The van der Waals surface area contributed by atoms with Gasteiger partial charge in [-0.25, -0.2) is 0 Å². The first-order chi connectivity index (χ1) is 9.27. The van der Waals surface area contributed by atoms with E-state index in [9.17, 15) is 15.0 Å². The Labute approximate surface area is 118 Å². The van der Waals surface area contributed by atoms with Gasteiger partial charge in [0.2, 0.25) is 0 Å². The molecule has 0 aromatic heterocycles. The van der Waals surface area contributed by atoms with E-state index in [0.717, 1.165) is 0 Å². The van der Waals surface area contributed by atoms with Crippen LogP contribution in [0.25, 0.3) is 0 Å². The number of morpholine rings is 1. The highest BCUT2D eigenvalue weighted by Crippen LogP contribution is 2.26. The minimum absolute atomic E-state index is 0.0785. The molecule has 5 heteroatoms. The van der Waals surface area contributed by atoms with Gasteiger partial charge in [-0.3, -0.25) is 9.69 Å². The van der Waals surface area contributed by atoms with Crippen LogP contribution in [0.4, 0.5) is 0 Å². The third-order valence-electron chi connectivity index (χ3n) is 3.30. The molecule has 0 spiro atoms. The van der Waals surface area contributed by atoms with Gasteiger partial charge in [-0.1, -0.05) is 0 Å². The van der Waals surface area contributed by atoms with E-state index in [0.29, 0.717) is 18.7 Å². The van der Waals surface area contributed by atoms with Crippen LogP contribution in [0.15, 0.2) is 18.2 Å². The van der Waals surface area contributed by atoms with E-state index in [1.54, 1.807) is 0 Å². The van der Waals surface area contributed by atoms with Crippen LogP contribution in [0.1, 0.15) is 31.1 Å². The van der Waals surface area contributed by atoms with Gasteiger partial charge in [-0.05, 0) is 39.0 Å². The van der Waals surface area contributed by atoms with Crippen molar-refractivity contribution in [3.05, 3.63) is 23.8 Å². The molecule has 20 heavy (non-hydrogen) atoms. The van der Waals surface area contributed by atoms with E-state index in [1.165, 1.54) is 18.2 Å². The summed E-state index contributed by atoms with van der Waals surface area (Å²) < 4.78 is 5.80. The average molecular weight is 279 g/mol. The SMILES string of the molecule is CC1CN(CC(=O)c2ccc(O)c(O)c2)CC(C)(C)O1. The highest BCUT2D eigenvalue weighted by molar-refractivity contribution is 5.98. The Kier molecular flexibility index (Phi) is 4.01. The Morgan fingerprint density at radius 3 is 2.70 bits per heavy atom. The predicted octanol–water partition coefficient (Wildman–Crippen LogP) is 1.78. The second kappa shape index (κ2) is 5.42. The van der Waals surface area contributed by atoms with E-state index >= 15 is 0 Å². The van der Waals surface area contributed by atoms with Crippen LogP contribution in [0.2, 0.25) is 0 Å². The summed E-state index contributed by atoms with van der Waals surface area (Å²) in [5.74, 6) is -0.570. The normalized spacial score (nSPS) is 22.6. The van der Waals surface area contributed by atoms with Crippen LogP contribution in [-0.4, -0.2) is 52.2 Å². The van der Waals surface area contributed by atoms with Gasteiger partial charge in [0, 0.05) is 18.7 Å². The molecule has 2 N–H and O–H groups in total. The van der Waals surface area contributed by atoms with Crippen molar-refractivity contribution >= 4 is 5.78 Å². The molecular weight excluding hydrogens is 258 g/mol. The number of rotatable bonds is 3.